The number of amides is 1. The molecular formula is C11H17N2O4S+. The number of hydrogen-bond acceptors (Lipinski definition) is 3. The molecule has 0 aliphatic heterocycles. The maximum absolute atomic E-state index is 11.6. The lowest BCUT2D eigenvalue weighted by molar-refractivity contribution is -0.577. The average Bonchev–Trinajstić information content (AvgIpc) is 2.27. The van der Waals surface area contributed by atoms with Crippen molar-refractivity contribution in [2.24, 2.45) is 0 Å². The van der Waals surface area contributed by atoms with E-state index in [1.807, 2.05) is 0 Å². The second-order valence-corrected chi connectivity index (χ2v) is 6.16. The number of carbonyl (C=O) groups is 1. The zero-order valence-corrected chi connectivity index (χ0v) is 11.4. The number of rotatable bonds is 3. The van der Waals surface area contributed by atoms with Crippen LogP contribution in [0.1, 0.15) is 12.5 Å². The molecule has 0 aliphatic rings. The molecule has 0 aromatic carbocycles. The van der Waals surface area contributed by atoms with Gasteiger partial charge in [-0.05, 0) is 31.0 Å². The van der Waals surface area contributed by atoms with Gasteiger partial charge in [-0.3, -0.25) is 4.55 Å². The summed E-state index contributed by atoms with van der Waals surface area (Å²) in [6, 6.07) is 3.12. The molecule has 0 saturated carbocycles. The van der Waals surface area contributed by atoms with Crippen molar-refractivity contribution in [1.29, 1.82) is 0 Å². The van der Waals surface area contributed by atoms with E-state index in [0.717, 1.165) is 5.56 Å². The molecule has 0 fully saturated rings. The van der Waals surface area contributed by atoms with Crippen molar-refractivity contribution >= 4 is 16.1 Å². The van der Waals surface area contributed by atoms with Gasteiger partial charge in [0.15, 0.2) is 0 Å². The smallest absolute Gasteiger partial charge is 0.285 e. The summed E-state index contributed by atoms with van der Waals surface area (Å²) in [7, 11) is -0.738. The summed E-state index contributed by atoms with van der Waals surface area (Å²) < 4.78 is 32.0. The summed E-state index contributed by atoms with van der Waals surface area (Å²) in [5.74, 6) is 0. The highest BCUT2D eigenvalue weighted by Gasteiger charge is 2.19. The maximum atomic E-state index is 11.6. The van der Waals surface area contributed by atoms with Crippen LogP contribution in [0.4, 0.5) is 4.79 Å². The molecule has 6 nitrogen and oxygen atoms in total. The Morgan fingerprint density at radius 2 is 1.89 bits per heavy atom. The predicted molar refractivity (Wildman–Crippen MR) is 65.8 cm³/mol. The van der Waals surface area contributed by atoms with Crippen molar-refractivity contribution in [3.63, 3.8) is 0 Å². The first-order valence-corrected chi connectivity index (χ1v) is 6.90. The fraction of sp³-hybridized carbons (Fsp3) is 0.455. The van der Waals surface area contributed by atoms with Gasteiger partial charge in [-0.15, -0.1) is 0 Å². The standard InChI is InChI=1S/C11H16N2O4S/c1-9(18(15,16)17)8-10-4-6-13(7-5-10)11(14)12(2)3/h4-7,9H,8H2,1-3H3/p+1. The van der Waals surface area contributed by atoms with E-state index in [0.29, 0.717) is 0 Å². The lowest BCUT2D eigenvalue weighted by Crippen LogP contribution is -2.49. The SMILES string of the molecule is CC(Cc1cc[n+](C(=O)N(C)C)cc1)S(=O)(=O)O. The van der Waals surface area contributed by atoms with Crippen LogP contribution < -0.4 is 4.57 Å². The van der Waals surface area contributed by atoms with Gasteiger partial charge < -0.3 is 0 Å². The Morgan fingerprint density at radius 1 is 1.39 bits per heavy atom. The maximum Gasteiger partial charge on any atom is 0.497 e. The van der Waals surface area contributed by atoms with Gasteiger partial charge in [-0.1, -0.05) is 0 Å². The van der Waals surface area contributed by atoms with Gasteiger partial charge in [0.05, 0.1) is 31.7 Å². The normalized spacial score (nSPS) is 13.1. The third kappa shape index (κ3) is 3.78. The van der Waals surface area contributed by atoms with Crippen molar-refractivity contribution in [3.8, 4) is 0 Å². The molecule has 1 atom stereocenters. The van der Waals surface area contributed by atoms with Gasteiger partial charge >= 0.3 is 6.03 Å². The molecule has 0 saturated heterocycles. The lowest BCUT2D eigenvalue weighted by atomic mass is 10.1. The van der Waals surface area contributed by atoms with Crippen molar-refractivity contribution in [1.82, 2.24) is 4.90 Å². The van der Waals surface area contributed by atoms with E-state index < -0.39 is 15.4 Å². The highest BCUT2D eigenvalue weighted by molar-refractivity contribution is 7.86. The lowest BCUT2D eigenvalue weighted by Gasteiger charge is -2.08. The molecule has 18 heavy (non-hydrogen) atoms. The molecule has 1 N–H and O–H groups in total. The van der Waals surface area contributed by atoms with E-state index in [2.05, 4.69) is 0 Å². The molecule has 100 valence electrons. The molecule has 0 spiro atoms. The number of aromatic nitrogens is 1. The number of pyridine rings is 1. The molecule has 1 amide bonds. The van der Waals surface area contributed by atoms with Gasteiger partial charge in [0.2, 0.25) is 0 Å². The highest BCUT2D eigenvalue weighted by atomic mass is 32.2. The third-order valence-corrected chi connectivity index (χ3v) is 3.72. The van der Waals surface area contributed by atoms with Gasteiger partial charge in [0.25, 0.3) is 10.1 Å². The Labute approximate surface area is 107 Å². The van der Waals surface area contributed by atoms with Gasteiger partial charge in [-0.25, -0.2) is 4.90 Å². The monoisotopic (exact) mass is 273 g/mol. The predicted octanol–water partition coefficient (Wildman–Crippen LogP) is 0.323. The van der Waals surface area contributed by atoms with Crippen LogP contribution in [0.15, 0.2) is 24.5 Å². The summed E-state index contributed by atoms with van der Waals surface area (Å²) in [4.78, 5) is 13.0. The fourth-order valence-corrected chi connectivity index (χ4v) is 1.79. The molecular weight excluding hydrogens is 256 g/mol. The summed E-state index contributed by atoms with van der Waals surface area (Å²) in [5.41, 5.74) is 0.739. The first-order valence-electron chi connectivity index (χ1n) is 5.40. The molecule has 0 bridgehead atoms. The first-order chi connectivity index (χ1) is 8.21. The zero-order chi connectivity index (χ0) is 13.9. The summed E-state index contributed by atoms with van der Waals surface area (Å²) >= 11 is 0. The fourth-order valence-electron chi connectivity index (χ4n) is 1.39. The van der Waals surface area contributed by atoms with E-state index in [-0.39, 0.29) is 12.5 Å². The van der Waals surface area contributed by atoms with Crippen LogP contribution in [0.2, 0.25) is 0 Å². The summed E-state index contributed by atoms with van der Waals surface area (Å²) in [6.45, 7) is 1.43. The van der Waals surface area contributed by atoms with E-state index in [9.17, 15) is 13.2 Å². The van der Waals surface area contributed by atoms with E-state index in [4.69, 9.17) is 4.55 Å². The van der Waals surface area contributed by atoms with Gasteiger partial charge in [0, 0.05) is 0 Å². The van der Waals surface area contributed by atoms with Crippen LogP contribution in [0.3, 0.4) is 0 Å². The second kappa shape index (κ2) is 5.45. The van der Waals surface area contributed by atoms with Crippen molar-refractivity contribution < 1.29 is 22.3 Å². The van der Waals surface area contributed by atoms with E-state index >= 15 is 0 Å². The average molecular weight is 273 g/mol. The van der Waals surface area contributed by atoms with E-state index in [1.165, 1.54) is 16.4 Å². The minimum atomic E-state index is -4.02. The minimum absolute atomic E-state index is 0.190. The van der Waals surface area contributed by atoms with Crippen LogP contribution in [0.5, 0.6) is 0 Å². The van der Waals surface area contributed by atoms with Crippen LogP contribution in [0, 0.1) is 0 Å². The highest BCUT2D eigenvalue weighted by Crippen LogP contribution is 2.07. The Bertz CT molecular complexity index is 522. The summed E-state index contributed by atoms with van der Waals surface area (Å²) in [5, 5.41) is -0.863. The molecule has 1 aromatic rings. The molecule has 1 aromatic heterocycles. The van der Waals surface area contributed by atoms with Crippen LogP contribution in [-0.2, 0) is 16.5 Å². The quantitative estimate of drug-likeness (QED) is 0.635. The van der Waals surface area contributed by atoms with Crippen LogP contribution in [-0.4, -0.2) is 43.2 Å². The topological polar surface area (TPSA) is 78.6 Å². The van der Waals surface area contributed by atoms with Crippen molar-refractivity contribution in [3.05, 3.63) is 30.1 Å². The number of nitrogens with zero attached hydrogens (tertiary/aromatic N) is 2. The number of hydrogen-bond donors (Lipinski definition) is 1. The Kier molecular flexibility index (Phi) is 4.42. The molecule has 0 radical (unpaired) electrons. The van der Waals surface area contributed by atoms with E-state index in [1.54, 1.807) is 38.6 Å². The minimum Gasteiger partial charge on any atom is -0.285 e. The van der Waals surface area contributed by atoms with Crippen LogP contribution in [0.25, 0.3) is 0 Å². The largest absolute Gasteiger partial charge is 0.497 e. The second-order valence-electron chi connectivity index (χ2n) is 4.32. The van der Waals surface area contributed by atoms with Crippen molar-refractivity contribution in [2.75, 3.05) is 14.1 Å². The van der Waals surface area contributed by atoms with Crippen LogP contribution >= 0.6 is 0 Å². The Hall–Kier alpha value is -1.47. The molecule has 1 unspecified atom stereocenters. The molecule has 1 heterocycles. The molecule has 1 rings (SSSR count). The number of carbonyl (C=O) groups excluding carboxylic acids is 1. The van der Waals surface area contributed by atoms with Gasteiger partial charge in [0.1, 0.15) is 0 Å². The molecule has 0 aliphatic carbocycles. The van der Waals surface area contributed by atoms with Gasteiger partial charge in [-0.2, -0.15) is 17.8 Å². The Morgan fingerprint density at radius 3 is 2.28 bits per heavy atom. The molecule has 7 heteroatoms. The van der Waals surface area contributed by atoms with Crippen molar-refractivity contribution in [2.45, 2.75) is 18.6 Å². The summed E-state index contributed by atoms with van der Waals surface area (Å²) in [6.07, 6.45) is 3.33. The Balaban J connectivity index is 2.81. The zero-order valence-electron chi connectivity index (χ0n) is 10.6. The first kappa shape index (κ1) is 14.6. The third-order valence-electron chi connectivity index (χ3n) is 2.53.